The maximum Gasteiger partial charge on any atom is 0.255 e. The Hall–Kier alpha value is -4.12. The van der Waals surface area contributed by atoms with Crippen LogP contribution in [-0.2, 0) is 0 Å². The summed E-state index contributed by atoms with van der Waals surface area (Å²) in [6.45, 7) is 5.85. The lowest BCUT2D eigenvalue weighted by Gasteiger charge is -2.16. The second-order valence-corrected chi connectivity index (χ2v) is 8.21. The SMILES string of the molecule is Cc1cc(C)c2c(NC(=O)c3ccccc3)c(C(c3ccccc3)c3ccc(C)o3)oc2n1. The van der Waals surface area contributed by atoms with Crippen molar-refractivity contribution in [1.82, 2.24) is 4.98 Å². The minimum atomic E-state index is -0.347. The van der Waals surface area contributed by atoms with Gasteiger partial charge in [0, 0.05) is 11.3 Å². The molecule has 0 bridgehead atoms. The molecule has 3 aromatic heterocycles. The van der Waals surface area contributed by atoms with Crippen LogP contribution < -0.4 is 5.32 Å². The van der Waals surface area contributed by atoms with Gasteiger partial charge in [-0.3, -0.25) is 4.79 Å². The van der Waals surface area contributed by atoms with Crippen molar-refractivity contribution in [2.75, 3.05) is 5.32 Å². The van der Waals surface area contributed by atoms with Gasteiger partial charge in [0.2, 0.25) is 5.71 Å². The molecule has 0 spiro atoms. The molecule has 0 saturated heterocycles. The number of nitrogens with zero attached hydrogens (tertiary/aromatic N) is 1. The number of aromatic nitrogens is 1. The smallest absolute Gasteiger partial charge is 0.255 e. The number of benzene rings is 2. The van der Waals surface area contributed by atoms with Crippen LogP contribution in [0.25, 0.3) is 11.1 Å². The maximum atomic E-state index is 13.2. The number of hydrogen-bond donors (Lipinski definition) is 1. The van der Waals surface area contributed by atoms with Gasteiger partial charge in [-0.2, -0.15) is 0 Å². The van der Waals surface area contributed by atoms with Crippen LogP contribution in [-0.4, -0.2) is 10.9 Å². The highest BCUT2D eigenvalue weighted by Gasteiger charge is 2.30. The van der Waals surface area contributed by atoms with Crippen molar-refractivity contribution in [3.8, 4) is 0 Å². The van der Waals surface area contributed by atoms with Gasteiger partial charge in [0.05, 0.1) is 11.1 Å². The molecule has 2 aromatic carbocycles. The van der Waals surface area contributed by atoms with Gasteiger partial charge >= 0.3 is 0 Å². The van der Waals surface area contributed by atoms with E-state index in [0.717, 1.165) is 33.7 Å². The Morgan fingerprint density at radius 2 is 1.58 bits per heavy atom. The lowest BCUT2D eigenvalue weighted by atomic mass is 9.92. The van der Waals surface area contributed by atoms with Gasteiger partial charge in [0.15, 0.2) is 0 Å². The van der Waals surface area contributed by atoms with Crippen molar-refractivity contribution in [1.29, 1.82) is 0 Å². The summed E-state index contributed by atoms with van der Waals surface area (Å²) in [7, 11) is 0. The second kappa shape index (κ2) is 8.43. The first kappa shape index (κ1) is 20.8. The van der Waals surface area contributed by atoms with Crippen molar-refractivity contribution in [2.24, 2.45) is 0 Å². The third kappa shape index (κ3) is 3.94. The van der Waals surface area contributed by atoms with Crippen LogP contribution in [0.5, 0.6) is 0 Å². The van der Waals surface area contributed by atoms with Crippen molar-refractivity contribution < 1.29 is 13.6 Å². The van der Waals surface area contributed by atoms with E-state index in [4.69, 9.17) is 8.83 Å². The molecule has 0 aliphatic heterocycles. The molecule has 5 nitrogen and oxygen atoms in total. The lowest BCUT2D eigenvalue weighted by molar-refractivity contribution is 0.102. The Balaban J connectivity index is 1.74. The number of hydrogen-bond acceptors (Lipinski definition) is 4. The lowest BCUT2D eigenvalue weighted by Crippen LogP contribution is -2.14. The van der Waals surface area contributed by atoms with Crippen LogP contribution >= 0.6 is 0 Å². The van der Waals surface area contributed by atoms with Crippen LogP contribution in [0.1, 0.15) is 50.4 Å². The van der Waals surface area contributed by atoms with Crippen molar-refractivity contribution in [2.45, 2.75) is 26.7 Å². The highest BCUT2D eigenvalue weighted by molar-refractivity contribution is 6.09. The molecule has 3 heterocycles. The van der Waals surface area contributed by atoms with Gasteiger partial charge in [-0.15, -0.1) is 0 Å². The topological polar surface area (TPSA) is 68.3 Å². The molecule has 0 aliphatic rings. The number of carbonyl (C=O) groups is 1. The molecule has 1 unspecified atom stereocenters. The quantitative estimate of drug-likeness (QED) is 0.330. The fourth-order valence-electron chi connectivity index (χ4n) is 4.26. The van der Waals surface area contributed by atoms with Crippen molar-refractivity contribution >= 4 is 22.7 Å². The first-order chi connectivity index (χ1) is 16.0. The third-order valence-electron chi connectivity index (χ3n) is 5.73. The summed E-state index contributed by atoms with van der Waals surface area (Å²) in [5.41, 5.74) is 4.52. The fraction of sp³-hybridized carbons (Fsp3) is 0.143. The minimum absolute atomic E-state index is 0.207. The van der Waals surface area contributed by atoms with Gasteiger partial charge in [-0.25, -0.2) is 4.98 Å². The highest BCUT2D eigenvalue weighted by Crippen LogP contribution is 2.43. The van der Waals surface area contributed by atoms with Gasteiger partial charge in [0.25, 0.3) is 5.91 Å². The molecule has 5 heteroatoms. The summed E-state index contributed by atoms with van der Waals surface area (Å²) in [6.07, 6.45) is 0. The maximum absolute atomic E-state index is 13.2. The Morgan fingerprint density at radius 3 is 2.24 bits per heavy atom. The number of rotatable bonds is 5. The zero-order valence-electron chi connectivity index (χ0n) is 18.8. The monoisotopic (exact) mass is 436 g/mol. The van der Waals surface area contributed by atoms with E-state index in [1.54, 1.807) is 12.1 Å². The van der Waals surface area contributed by atoms with Gasteiger partial charge in [-0.1, -0.05) is 48.5 Å². The van der Waals surface area contributed by atoms with E-state index in [9.17, 15) is 4.79 Å². The van der Waals surface area contributed by atoms with Crippen LogP contribution in [0.3, 0.4) is 0 Å². The largest absolute Gasteiger partial charge is 0.465 e. The molecule has 5 aromatic rings. The van der Waals surface area contributed by atoms with Crippen LogP contribution in [0, 0.1) is 20.8 Å². The van der Waals surface area contributed by atoms with Gasteiger partial charge in [0.1, 0.15) is 23.2 Å². The van der Waals surface area contributed by atoms with Crippen molar-refractivity contribution in [3.05, 3.63) is 119 Å². The fourth-order valence-corrected chi connectivity index (χ4v) is 4.26. The number of carbonyl (C=O) groups excluding carboxylic acids is 1. The number of fused-ring (bicyclic) bond motifs is 1. The second-order valence-electron chi connectivity index (χ2n) is 8.21. The molecule has 1 N–H and O–H groups in total. The van der Waals surface area contributed by atoms with E-state index in [-0.39, 0.29) is 11.8 Å². The molecule has 0 fully saturated rings. The predicted octanol–water partition coefficient (Wildman–Crippen LogP) is 6.78. The molecule has 33 heavy (non-hydrogen) atoms. The average molecular weight is 437 g/mol. The third-order valence-corrected chi connectivity index (χ3v) is 5.73. The van der Waals surface area contributed by atoms with Gasteiger partial charge in [-0.05, 0) is 62.2 Å². The zero-order chi connectivity index (χ0) is 22.9. The van der Waals surface area contributed by atoms with E-state index in [2.05, 4.69) is 10.3 Å². The molecule has 164 valence electrons. The average Bonchev–Trinajstić information content (AvgIpc) is 3.39. The molecule has 1 atom stereocenters. The summed E-state index contributed by atoms with van der Waals surface area (Å²) >= 11 is 0. The van der Waals surface area contributed by atoms with Gasteiger partial charge < -0.3 is 14.2 Å². The number of nitrogens with one attached hydrogen (secondary N) is 1. The standard InChI is InChI=1S/C28H24N2O3/c1-17-16-18(2)29-28-23(17)25(30-27(31)21-12-8-5-9-13-21)26(33-28)24(20-10-6-4-7-11-20)22-15-14-19(3)32-22/h4-16,24H,1-3H3,(H,30,31). The van der Waals surface area contributed by atoms with Crippen LogP contribution in [0.2, 0.25) is 0 Å². The predicted molar refractivity (Wildman–Crippen MR) is 129 cm³/mol. The van der Waals surface area contributed by atoms with Crippen LogP contribution in [0.4, 0.5) is 5.69 Å². The number of furan rings is 2. The molecule has 5 rings (SSSR count). The number of aryl methyl sites for hydroxylation is 3. The zero-order valence-corrected chi connectivity index (χ0v) is 18.8. The van der Waals surface area contributed by atoms with Crippen LogP contribution in [0.15, 0.2) is 87.7 Å². The van der Waals surface area contributed by atoms with E-state index >= 15 is 0 Å². The van der Waals surface area contributed by atoms with E-state index in [0.29, 0.717) is 22.7 Å². The van der Waals surface area contributed by atoms with E-state index in [1.807, 2.05) is 87.5 Å². The Morgan fingerprint density at radius 1 is 0.879 bits per heavy atom. The Labute approximate surface area is 192 Å². The first-order valence-electron chi connectivity index (χ1n) is 10.9. The molecule has 0 aliphatic carbocycles. The highest BCUT2D eigenvalue weighted by atomic mass is 16.4. The molecular weight excluding hydrogens is 412 g/mol. The molecule has 0 saturated carbocycles. The Bertz CT molecular complexity index is 1430. The van der Waals surface area contributed by atoms with Crippen molar-refractivity contribution in [3.63, 3.8) is 0 Å². The summed E-state index contributed by atoms with van der Waals surface area (Å²) in [5, 5.41) is 3.92. The number of pyridine rings is 1. The number of anilines is 1. The molecule has 1 amide bonds. The van der Waals surface area contributed by atoms with E-state index < -0.39 is 0 Å². The minimum Gasteiger partial charge on any atom is -0.465 e. The summed E-state index contributed by atoms with van der Waals surface area (Å²) in [6, 6.07) is 25.0. The summed E-state index contributed by atoms with van der Waals surface area (Å²) in [5.74, 6) is 1.59. The Kier molecular flexibility index (Phi) is 5.31. The molecular formula is C28H24N2O3. The van der Waals surface area contributed by atoms with E-state index in [1.165, 1.54) is 0 Å². The summed E-state index contributed by atoms with van der Waals surface area (Å²) in [4.78, 5) is 17.8. The first-order valence-corrected chi connectivity index (χ1v) is 10.9. The number of amides is 1. The molecule has 0 radical (unpaired) electrons. The normalized spacial score (nSPS) is 12.1. The summed E-state index contributed by atoms with van der Waals surface area (Å²) < 4.78 is 12.4.